The summed E-state index contributed by atoms with van der Waals surface area (Å²) in [6.07, 6.45) is 8.86. The first-order valence-electron chi connectivity index (χ1n) is 7.29. The van der Waals surface area contributed by atoms with Gasteiger partial charge in [-0.25, -0.2) is 0 Å². The van der Waals surface area contributed by atoms with E-state index in [1.54, 1.807) is 0 Å². The number of rotatable bonds is 5. The van der Waals surface area contributed by atoms with Crippen LogP contribution in [-0.4, -0.2) is 17.0 Å². The van der Waals surface area contributed by atoms with Crippen molar-refractivity contribution in [2.24, 2.45) is 5.92 Å². The SMILES string of the molecule is C=CCC[C@@H]1C[C@H]2CC[C@@H]1N2Cc1ccccc1. The minimum absolute atomic E-state index is 0.843. The third-order valence-electron chi connectivity index (χ3n) is 4.76. The summed E-state index contributed by atoms with van der Waals surface area (Å²) >= 11 is 0. The zero-order valence-corrected chi connectivity index (χ0v) is 11.1. The standard InChI is InChI=1S/C17H23N/c1-2-3-9-15-12-16-10-11-17(15)18(16)13-14-7-5-4-6-8-14/h2,4-8,15-17H,1,3,9-13H2/t15-,16-,17+/m1/s1. The molecule has 0 N–H and O–H groups in total. The Hall–Kier alpha value is -1.08. The molecule has 2 heterocycles. The Labute approximate surface area is 111 Å². The zero-order valence-electron chi connectivity index (χ0n) is 11.1. The first kappa shape index (κ1) is 12.0. The van der Waals surface area contributed by atoms with Crippen LogP contribution < -0.4 is 0 Å². The molecule has 3 atom stereocenters. The Kier molecular flexibility index (Phi) is 3.51. The van der Waals surface area contributed by atoms with Crippen LogP contribution in [0.15, 0.2) is 43.0 Å². The van der Waals surface area contributed by atoms with Gasteiger partial charge in [-0.2, -0.15) is 0 Å². The Morgan fingerprint density at radius 1 is 1.22 bits per heavy atom. The molecule has 1 aromatic carbocycles. The summed E-state index contributed by atoms with van der Waals surface area (Å²) in [5.41, 5.74) is 1.47. The van der Waals surface area contributed by atoms with Crippen molar-refractivity contribution >= 4 is 0 Å². The Bertz CT molecular complexity index is 397. The van der Waals surface area contributed by atoms with Gasteiger partial charge in [0.2, 0.25) is 0 Å². The first-order chi connectivity index (χ1) is 8.88. The molecular weight excluding hydrogens is 218 g/mol. The summed E-state index contributed by atoms with van der Waals surface area (Å²) in [4.78, 5) is 2.77. The average molecular weight is 241 g/mol. The molecule has 1 aromatic rings. The Morgan fingerprint density at radius 2 is 2.06 bits per heavy atom. The van der Waals surface area contributed by atoms with E-state index in [9.17, 15) is 0 Å². The molecule has 1 nitrogen and oxygen atoms in total. The summed E-state index contributed by atoms with van der Waals surface area (Å²) in [5.74, 6) is 0.922. The molecule has 0 aromatic heterocycles. The highest BCUT2D eigenvalue weighted by atomic mass is 15.2. The maximum absolute atomic E-state index is 3.86. The minimum atomic E-state index is 0.843. The van der Waals surface area contributed by atoms with Crippen molar-refractivity contribution in [2.45, 2.75) is 50.7 Å². The predicted molar refractivity (Wildman–Crippen MR) is 76.3 cm³/mol. The molecule has 18 heavy (non-hydrogen) atoms. The van der Waals surface area contributed by atoms with Crippen LogP contribution in [0.4, 0.5) is 0 Å². The zero-order chi connectivity index (χ0) is 12.4. The smallest absolute Gasteiger partial charge is 0.0239 e. The second-order valence-corrected chi connectivity index (χ2v) is 5.82. The maximum atomic E-state index is 3.86. The molecule has 0 amide bonds. The van der Waals surface area contributed by atoms with E-state index in [2.05, 4.69) is 47.9 Å². The van der Waals surface area contributed by atoms with Gasteiger partial charge >= 0.3 is 0 Å². The third-order valence-corrected chi connectivity index (χ3v) is 4.76. The van der Waals surface area contributed by atoms with Crippen molar-refractivity contribution in [3.05, 3.63) is 48.6 Å². The second-order valence-electron chi connectivity index (χ2n) is 5.82. The van der Waals surface area contributed by atoms with E-state index < -0.39 is 0 Å². The van der Waals surface area contributed by atoms with Gasteiger partial charge in [0.25, 0.3) is 0 Å². The number of nitrogens with zero attached hydrogens (tertiary/aromatic N) is 1. The van der Waals surface area contributed by atoms with E-state index >= 15 is 0 Å². The largest absolute Gasteiger partial charge is 0.293 e. The number of hydrogen-bond donors (Lipinski definition) is 0. The molecule has 0 aliphatic carbocycles. The minimum Gasteiger partial charge on any atom is -0.293 e. The highest BCUT2D eigenvalue weighted by Gasteiger charge is 2.45. The number of benzene rings is 1. The lowest BCUT2D eigenvalue weighted by molar-refractivity contribution is 0.225. The first-order valence-corrected chi connectivity index (χ1v) is 7.29. The number of allylic oxidation sites excluding steroid dienone is 1. The highest BCUT2D eigenvalue weighted by Crippen LogP contribution is 2.44. The fourth-order valence-electron chi connectivity index (χ4n) is 3.91. The lowest BCUT2D eigenvalue weighted by Crippen LogP contribution is -2.29. The average Bonchev–Trinajstić information content (AvgIpc) is 2.94. The quantitative estimate of drug-likeness (QED) is 0.704. The molecule has 0 unspecified atom stereocenters. The van der Waals surface area contributed by atoms with Gasteiger partial charge in [0.05, 0.1) is 0 Å². The van der Waals surface area contributed by atoms with Crippen LogP contribution in [-0.2, 0) is 6.54 Å². The molecule has 2 bridgehead atoms. The van der Waals surface area contributed by atoms with E-state index in [4.69, 9.17) is 0 Å². The van der Waals surface area contributed by atoms with Crippen molar-refractivity contribution in [1.29, 1.82) is 0 Å². The Morgan fingerprint density at radius 3 is 2.83 bits per heavy atom. The molecule has 2 fully saturated rings. The lowest BCUT2D eigenvalue weighted by atomic mass is 9.86. The summed E-state index contributed by atoms with van der Waals surface area (Å²) in [6.45, 7) is 5.01. The van der Waals surface area contributed by atoms with Gasteiger partial charge in [-0.1, -0.05) is 36.4 Å². The molecule has 3 rings (SSSR count). The van der Waals surface area contributed by atoms with E-state index in [1.165, 1.54) is 37.7 Å². The highest BCUT2D eigenvalue weighted by molar-refractivity contribution is 5.16. The molecular formula is C17H23N. The maximum Gasteiger partial charge on any atom is 0.0239 e. The van der Waals surface area contributed by atoms with Crippen molar-refractivity contribution in [3.63, 3.8) is 0 Å². The van der Waals surface area contributed by atoms with Crippen LogP contribution in [0, 0.1) is 5.92 Å². The summed E-state index contributed by atoms with van der Waals surface area (Å²) in [5, 5.41) is 0. The monoisotopic (exact) mass is 241 g/mol. The van der Waals surface area contributed by atoms with Crippen molar-refractivity contribution in [3.8, 4) is 0 Å². The van der Waals surface area contributed by atoms with Gasteiger partial charge in [0.1, 0.15) is 0 Å². The van der Waals surface area contributed by atoms with Gasteiger partial charge in [-0.3, -0.25) is 4.90 Å². The van der Waals surface area contributed by atoms with Gasteiger partial charge in [-0.05, 0) is 43.6 Å². The summed E-state index contributed by atoms with van der Waals surface area (Å²) in [7, 11) is 0. The van der Waals surface area contributed by atoms with Crippen molar-refractivity contribution in [1.82, 2.24) is 4.90 Å². The molecule has 0 spiro atoms. The molecule has 96 valence electrons. The third kappa shape index (κ3) is 2.24. The summed E-state index contributed by atoms with van der Waals surface area (Å²) in [6, 6.07) is 12.6. The van der Waals surface area contributed by atoms with Crippen LogP contribution in [0.1, 0.15) is 37.7 Å². The van der Waals surface area contributed by atoms with Gasteiger partial charge < -0.3 is 0 Å². The molecule has 2 aliphatic rings. The molecule has 2 saturated heterocycles. The van der Waals surface area contributed by atoms with Gasteiger partial charge in [0.15, 0.2) is 0 Å². The van der Waals surface area contributed by atoms with E-state index in [0.29, 0.717) is 0 Å². The van der Waals surface area contributed by atoms with E-state index in [1.807, 2.05) is 0 Å². The van der Waals surface area contributed by atoms with Crippen LogP contribution >= 0.6 is 0 Å². The van der Waals surface area contributed by atoms with Crippen molar-refractivity contribution in [2.75, 3.05) is 0 Å². The van der Waals surface area contributed by atoms with Crippen LogP contribution in [0.3, 0.4) is 0 Å². The van der Waals surface area contributed by atoms with Crippen LogP contribution in [0.25, 0.3) is 0 Å². The second kappa shape index (κ2) is 5.27. The Balaban J connectivity index is 1.65. The molecule has 0 radical (unpaired) electrons. The number of fused-ring (bicyclic) bond motifs is 2. The van der Waals surface area contributed by atoms with Gasteiger partial charge in [0, 0.05) is 18.6 Å². The van der Waals surface area contributed by atoms with Crippen LogP contribution in [0.2, 0.25) is 0 Å². The lowest BCUT2D eigenvalue weighted by Gasteiger charge is -2.24. The predicted octanol–water partition coefficient (Wildman–Crippen LogP) is 4.01. The van der Waals surface area contributed by atoms with E-state index in [-0.39, 0.29) is 0 Å². The van der Waals surface area contributed by atoms with Crippen LogP contribution in [0.5, 0.6) is 0 Å². The fourth-order valence-corrected chi connectivity index (χ4v) is 3.91. The number of hydrogen-bond acceptors (Lipinski definition) is 1. The molecule has 0 saturated carbocycles. The normalized spacial score (nSPS) is 30.8. The topological polar surface area (TPSA) is 3.24 Å². The fraction of sp³-hybridized carbons (Fsp3) is 0.529. The van der Waals surface area contributed by atoms with Gasteiger partial charge in [-0.15, -0.1) is 6.58 Å². The van der Waals surface area contributed by atoms with Crippen molar-refractivity contribution < 1.29 is 0 Å². The van der Waals surface area contributed by atoms with E-state index in [0.717, 1.165) is 24.5 Å². The summed E-state index contributed by atoms with van der Waals surface area (Å²) < 4.78 is 0. The molecule has 2 aliphatic heterocycles. The molecule has 1 heteroatoms.